The Balaban J connectivity index is 2.26. The maximum absolute atomic E-state index is 12.0. The SMILES string of the molecule is CCn1c(=O)[nH]c2c(-c3nc(C(C)C)c(C)s3)cccc21. The number of benzene rings is 1. The topological polar surface area (TPSA) is 50.7 Å². The highest BCUT2D eigenvalue weighted by Gasteiger charge is 2.16. The van der Waals surface area contributed by atoms with Gasteiger partial charge in [0, 0.05) is 17.0 Å². The molecule has 0 saturated heterocycles. The highest BCUT2D eigenvalue weighted by Crippen LogP contribution is 2.34. The van der Waals surface area contributed by atoms with Gasteiger partial charge in [-0.2, -0.15) is 0 Å². The predicted molar refractivity (Wildman–Crippen MR) is 88.2 cm³/mol. The highest BCUT2D eigenvalue weighted by atomic mass is 32.1. The minimum absolute atomic E-state index is 0.0580. The number of rotatable bonds is 3. The zero-order valence-corrected chi connectivity index (χ0v) is 13.5. The molecule has 1 N–H and O–H groups in total. The lowest BCUT2D eigenvalue weighted by Gasteiger charge is -2.02. The first-order chi connectivity index (χ1) is 10.0. The van der Waals surface area contributed by atoms with Crippen LogP contribution in [0.15, 0.2) is 23.0 Å². The van der Waals surface area contributed by atoms with Crippen molar-refractivity contribution in [1.29, 1.82) is 0 Å². The van der Waals surface area contributed by atoms with E-state index in [4.69, 9.17) is 4.98 Å². The van der Waals surface area contributed by atoms with E-state index >= 15 is 0 Å². The van der Waals surface area contributed by atoms with E-state index in [1.807, 2.05) is 25.1 Å². The number of thiazole rings is 1. The normalized spacial score (nSPS) is 11.7. The van der Waals surface area contributed by atoms with Gasteiger partial charge in [0.15, 0.2) is 0 Å². The molecule has 2 aromatic heterocycles. The summed E-state index contributed by atoms with van der Waals surface area (Å²) in [4.78, 5) is 21.0. The van der Waals surface area contributed by atoms with Crippen molar-refractivity contribution in [2.75, 3.05) is 0 Å². The molecular formula is C16H19N3OS. The lowest BCUT2D eigenvalue weighted by Crippen LogP contribution is -2.14. The van der Waals surface area contributed by atoms with Crippen LogP contribution in [0.2, 0.25) is 0 Å². The van der Waals surface area contributed by atoms with Crippen molar-refractivity contribution in [2.45, 2.75) is 40.2 Å². The fourth-order valence-corrected chi connectivity index (χ4v) is 3.83. The molecule has 0 aliphatic heterocycles. The van der Waals surface area contributed by atoms with Gasteiger partial charge in [-0.05, 0) is 31.9 Å². The number of hydrogen-bond acceptors (Lipinski definition) is 3. The Bertz CT molecular complexity index is 854. The molecule has 0 amide bonds. The van der Waals surface area contributed by atoms with Gasteiger partial charge in [0.05, 0.1) is 16.7 Å². The van der Waals surface area contributed by atoms with Gasteiger partial charge in [-0.15, -0.1) is 11.3 Å². The van der Waals surface area contributed by atoms with Crippen LogP contribution in [-0.2, 0) is 6.54 Å². The molecule has 110 valence electrons. The van der Waals surface area contributed by atoms with Gasteiger partial charge in [-0.3, -0.25) is 4.57 Å². The second-order valence-corrected chi connectivity index (χ2v) is 6.69. The Morgan fingerprint density at radius 1 is 1.38 bits per heavy atom. The molecule has 1 aromatic carbocycles. The number of para-hydroxylation sites is 1. The Kier molecular flexibility index (Phi) is 3.45. The Labute approximate surface area is 127 Å². The summed E-state index contributed by atoms with van der Waals surface area (Å²) in [5.41, 5.74) is 3.92. The van der Waals surface area contributed by atoms with Gasteiger partial charge in [0.1, 0.15) is 5.01 Å². The van der Waals surface area contributed by atoms with Crippen LogP contribution in [0.1, 0.15) is 37.3 Å². The first-order valence-electron chi connectivity index (χ1n) is 7.22. The van der Waals surface area contributed by atoms with Crippen LogP contribution in [0.5, 0.6) is 0 Å². The summed E-state index contributed by atoms with van der Waals surface area (Å²) in [7, 11) is 0. The number of imidazole rings is 1. The first-order valence-corrected chi connectivity index (χ1v) is 8.03. The second kappa shape index (κ2) is 5.15. The van der Waals surface area contributed by atoms with Crippen molar-refractivity contribution >= 4 is 22.4 Å². The van der Waals surface area contributed by atoms with Gasteiger partial charge < -0.3 is 4.98 Å². The summed E-state index contributed by atoms with van der Waals surface area (Å²) in [6.07, 6.45) is 0. The van der Waals surface area contributed by atoms with E-state index in [0.717, 1.165) is 27.3 Å². The lowest BCUT2D eigenvalue weighted by molar-refractivity contribution is 0.753. The van der Waals surface area contributed by atoms with Crippen LogP contribution in [0.3, 0.4) is 0 Å². The molecule has 4 nitrogen and oxygen atoms in total. The monoisotopic (exact) mass is 301 g/mol. The number of aromatic nitrogens is 3. The number of nitrogens with one attached hydrogen (secondary N) is 1. The molecule has 3 aromatic rings. The number of H-pyrrole nitrogens is 1. The van der Waals surface area contributed by atoms with Crippen molar-refractivity contribution in [2.24, 2.45) is 0 Å². The van der Waals surface area contributed by atoms with E-state index in [-0.39, 0.29) is 5.69 Å². The van der Waals surface area contributed by atoms with Crippen molar-refractivity contribution in [3.63, 3.8) is 0 Å². The van der Waals surface area contributed by atoms with E-state index in [0.29, 0.717) is 12.5 Å². The van der Waals surface area contributed by atoms with E-state index in [9.17, 15) is 4.79 Å². The number of aromatic amines is 1. The average Bonchev–Trinajstić information content (AvgIpc) is 2.97. The molecule has 3 rings (SSSR count). The maximum Gasteiger partial charge on any atom is 0.326 e. The first kappa shape index (κ1) is 14.1. The van der Waals surface area contributed by atoms with Crippen LogP contribution < -0.4 is 5.69 Å². The number of nitrogens with zero attached hydrogens (tertiary/aromatic N) is 2. The smallest absolute Gasteiger partial charge is 0.305 e. The van der Waals surface area contributed by atoms with Gasteiger partial charge in [-0.25, -0.2) is 9.78 Å². The molecule has 0 radical (unpaired) electrons. The minimum atomic E-state index is -0.0580. The fraction of sp³-hybridized carbons (Fsp3) is 0.375. The average molecular weight is 301 g/mol. The van der Waals surface area contributed by atoms with Crippen LogP contribution in [-0.4, -0.2) is 14.5 Å². The molecule has 0 aliphatic carbocycles. The van der Waals surface area contributed by atoms with Gasteiger partial charge in [-0.1, -0.05) is 19.9 Å². The van der Waals surface area contributed by atoms with Crippen LogP contribution in [0.4, 0.5) is 0 Å². The van der Waals surface area contributed by atoms with E-state index in [1.54, 1.807) is 15.9 Å². The summed E-state index contributed by atoms with van der Waals surface area (Å²) in [5.74, 6) is 0.411. The Morgan fingerprint density at radius 2 is 2.14 bits per heavy atom. The highest BCUT2D eigenvalue weighted by molar-refractivity contribution is 7.15. The van der Waals surface area contributed by atoms with E-state index in [2.05, 4.69) is 25.8 Å². The summed E-state index contributed by atoms with van der Waals surface area (Å²) >= 11 is 1.69. The largest absolute Gasteiger partial charge is 0.326 e. The number of hydrogen-bond donors (Lipinski definition) is 1. The molecule has 0 spiro atoms. The third-order valence-electron chi connectivity index (χ3n) is 3.74. The second-order valence-electron chi connectivity index (χ2n) is 5.49. The van der Waals surface area contributed by atoms with E-state index < -0.39 is 0 Å². The fourth-order valence-electron chi connectivity index (χ4n) is 2.73. The number of aryl methyl sites for hydroxylation is 2. The summed E-state index contributed by atoms with van der Waals surface area (Å²) in [6, 6.07) is 5.99. The Morgan fingerprint density at radius 3 is 2.76 bits per heavy atom. The molecule has 0 saturated carbocycles. The summed E-state index contributed by atoms with van der Waals surface area (Å²) < 4.78 is 1.75. The molecule has 21 heavy (non-hydrogen) atoms. The van der Waals surface area contributed by atoms with Crippen molar-refractivity contribution in [3.05, 3.63) is 39.3 Å². The van der Waals surface area contributed by atoms with Crippen molar-refractivity contribution in [3.8, 4) is 10.6 Å². The van der Waals surface area contributed by atoms with Crippen LogP contribution in [0, 0.1) is 6.92 Å². The zero-order valence-electron chi connectivity index (χ0n) is 12.7. The van der Waals surface area contributed by atoms with Gasteiger partial charge >= 0.3 is 5.69 Å². The third kappa shape index (κ3) is 2.21. The van der Waals surface area contributed by atoms with E-state index in [1.165, 1.54) is 4.88 Å². The lowest BCUT2D eigenvalue weighted by atomic mass is 10.1. The molecule has 0 atom stereocenters. The van der Waals surface area contributed by atoms with Crippen LogP contribution in [0.25, 0.3) is 21.6 Å². The van der Waals surface area contributed by atoms with Crippen molar-refractivity contribution < 1.29 is 0 Å². The molecule has 0 fully saturated rings. The molecule has 0 unspecified atom stereocenters. The molecule has 5 heteroatoms. The Hall–Kier alpha value is -1.88. The minimum Gasteiger partial charge on any atom is -0.305 e. The van der Waals surface area contributed by atoms with Gasteiger partial charge in [0.2, 0.25) is 0 Å². The quantitative estimate of drug-likeness (QED) is 0.797. The predicted octanol–water partition coefficient (Wildman–Crippen LogP) is 3.90. The molecule has 0 bridgehead atoms. The zero-order chi connectivity index (χ0) is 15.1. The summed E-state index contributed by atoms with van der Waals surface area (Å²) in [6.45, 7) is 9.06. The van der Waals surface area contributed by atoms with Crippen molar-refractivity contribution in [1.82, 2.24) is 14.5 Å². The third-order valence-corrected chi connectivity index (χ3v) is 4.76. The molecule has 2 heterocycles. The molecular weight excluding hydrogens is 282 g/mol. The molecule has 0 aliphatic rings. The summed E-state index contributed by atoms with van der Waals surface area (Å²) in [5, 5.41) is 0.978. The standard InChI is InChI=1S/C16H19N3OS/c1-5-19-12-8-6-7-11(14(12)18-16(19)20)15-17-13(9(2)3)10(4)21-15/h6-9H,5H2,1-4H3,(H,18,20). The van der Waals surface area contributed by atoms with Crippen LogP contribution >= 0.6 is 11.3 Å². The van der Waals surface area contributed by atoms with Gasteiger partial charge in [0.25, 0.3) is 0 Å². The maximum atomic E-state index is 12.0. The number of fused-ring (bicyclic) bond motifs is 1.